The van der Waals surface area contributed by atoms with Gasteiger partial charge in [-0.05, 0) is 44.9 Å². The molecule has 5 nitrogen and oxygen atoms in total. The van der Waals surface area contributed by atoms with Gasteiger partial charge in [-0.3, -0.25) is 9.59 Å². The fraction of sp³-hybridized carbons (Fsp3) is 0.500. The molecule has 0 bridgehead atoms. The summed E-state index contributed by atoms with van der Waals surface area (Å²) in [5.74, 6) is -0.483. The average molecular weight is 291 g/mol. The SMILES string of the molecule is CC(C)Oc1cccc(C(=O)N2CCC(C(=O)O)CC2)c1. The number of aliphatic carboxylic acids is 1. The first-order chi connectivity index (χ1) is 9.97. The number of likely N-dealkylation sites (tertiary alicyclic amines) is 1. The zero-order chi connectivity index (χ0) is 15.4. The molecule has 0 spiro atoms. The minimum Gasteiger partial charge on any atom is -0.491 e. The quantitative estimate of drug-likeness (QED) is 0.925. The summed E-state index contributed by atoms with van der Waals surface area (Å²) in [6, 6.07) is 7.13. The molecule has 0 radical (unpaired) electrons. The van der Waals surface area contributed by atoms with Gasteiger partial charge >= 0.3 is 5.97 Å². The smallest absolute Gasteiger partial charge is 0.306 e. The summed E-state index contributed by atoms with van der Waals surface area (Å²) in [6.45, 7) is 4.85. The third kappa shape index (κ3) is 3.97. The van der Waals surface area contributed by atoms with Gasteiger partial charge in [0, 0.05) is 18.7 Å². The van der Waals surface area contributed by atoms with Gasteiger partial charge in [-0.25, -0.2) is 0 Å². The second kappa shape index (κ2) is 6.61. The van der Waals surface area contributed by atoms with Crippen molar-refractivity contribution in [1.29, 1.82) is 0 Å². The van der Waals surface area contributed by atoms with Crippen LogP contribution in [-0.2, 0) is 4.79 Å². The molecule has 0 atom stereocenters. The van der Waals surface area contributed by atoms with Crippen LogP contribution in [0.4, 0.5) is 0 Å². The van der Waals surface area contributed by atoms with Gasteiger partial charge < -0.3 is 14.7 Å². The summed E-state index contributed by atoms with van der Waals surface area (Å²) in [6.07, 6.45) is 1.09. The number of carboxylic acid groups (broad SMARTS) is 1. The van der Waals surface area contributed by atoms with E-state index in [1.54, 1.807) is 23.1 Å². The number of nitrogens with zero attached hydrogens (tertiary/aromatic N) is 1. The molecule has 0 saturated carbocycles. The van der Waals surface area contributed by atoms with E-state index in [0.717, 1.165) is 0 Å². The molecule has 2 rings (SSSR count). The summed E-state index contributed by atoms with van der Waals surface area (Å²) >= 11 is 0. The zero-order valence-electron chi connectivity index (χ0n) is 12.4. The second-order valence-corrected chi connectivity index (χ2v) is 5.60. The zero-order valence-corrected chi connectivity index (χ0v) is 12.4. The summed E-state index contributed by atoms with van der Waals surface area (Å²) in [5.41, 5.74) is 0.585. The highest BCUT2D eigenvalue weighted by atomic mass is 16.5. The number of hydrogen-bond donors (Lipinski definition) is 1. The highest BCUT2D eigenvalue weighted by molar-refractivity contribution is 5.94. The van der Waals surface area contributed by atoms with Crippen molar-refractivity contribution in [1.82, 2.24) is 4.90 Å². The fourth-order valence-electron chi connectivity index (χ4n) is 2.49. The Kier molecular flexibility index (Phi) is 4.83. The summed E-state index contributed by atoms with van der Waals surface area (Å²) in [7, 11) is 0. The van der Waals surface area contributed by atoms with Crippen molar-refractivity contribution < 1.29 is 19.4 Å². The van der Waals surface area contributed by atoms with Crippen LogP contribution in [0, 0.1) is 5.92 Å². The van der Waals surface area contributed by atoms with E-state index in [1.807, 2.05) is 19.9 Å². The minimum absolute atomic E-state index is 0.0571. The van der Waals surface area contributed by atoms with Gasteiger partial charge in [-0.2, -0.15) is 0 Å². The number of carboxylic acids is 1. The molecule has 1 fully saturated rings. The Labute approximate surface area is 124 Å². The lowest BCUT2D eigenvalue weighted by Crippen LogP contribution is -2.40. The minimum atomic E-state index is -0.769. The standard InChI is InChI=1S/C16H21NO4/c1-11(2)21-14-5-3-4-13(10-14)15(18)17-8-6-12(7-9-17)16(19)20/h3-5,10-12H,6-9H2,1-2H3,(H,19,20). The number of benzene rings is 1. The summed E-state index contributed by atoms with van der Waals surface area (Å²) < 4.78 is 5.59. The lowest BCUT2D eigenvalue weighted by molar-refractivity contribution is -0.143. The van der Waals surface area contributed by atoms with Crippen LogP contribution < -0.4 is 4.74 Å². The van der Waals surface area contributed by atoms with Crippen LogP contribution in [0.15, 0.2) is 24.3 Å². The van der Waals surface area contributed by atoms with E-state index in [0.29, 0.717) is 37.2 Å². The predicted molar refractivity (Wildman–Crippen MR) is 78.5 cm³/mol. The number of carbonyl (C=O) groups excluding carboxylic acids is 1. The van der Waals surface area contributed by atoms with Crippen molar-refractivity contribution in [2.24, 2.45) is 5.92 Å². The Morgan fingerprint density at radius 3 is 2.52 bits per heavy atom. The Bertz CT molecular complexity index is 519. The van der Waals surface area contributed by atoms with E-state index in [9.17, 15) is 9.59 Å². The van der Waals surface area contributed by atoms with Crippen LogP contribution >= 0.6 is 0 Å². The monoisotopic (exact) mass is 291 g/mol. The van der Waals surface area contributed by atoms with Crippen LogP contribution in [0.5, 0.6) is 5.75 Å². The highest BCUT2D eigenvalue weighted by Crippen LogP contribution is 2.21. The van der Waals surface area contributed by atoms with Gasteiger partial charge in [0.15, 0.2) is 0 Å². The molecule has 1 aliphatic rings. The van der Waals surface area contributed by atoms with Crippen LogP contribution in [-0.4, -0.2) is 41.1 Å². The van der Waals surface area contributed by atoms with Crippen molar-refractivity contribution in [2.75, 3.05) is 13.1 Å². The molecule has 1 N–H and O–H groups in total. The van der Waals surface area contributed by atoms with Gasteiger partial charge in [0.1, 0.15) is 5.75 Å². The summed E-state index contributed by atoms with van der Waals surface area (Å²) in [5, 5.41) is 8.98. The van der Waals surface area contributed by atoms with Gasteiger partial charge in [0.2, 0.25) is 0 Å². The van der Waals surface area contributed by atoms with Crippen LogP contribution in [0.25, 0.3) is 0 Å². The molecule has 1 heterocycles. The first-order valence-corrected chi connectivity index (χ1v) is 7.26. The summed E-state index contributed by atoms with van der Waals surface area (Å²) in [4.78, 5) is 25.1. The largest absolute Gasteiger partial charge is 0.491 e. The van der Waals surface area contributed by atoms with Crippen molar-refractivity contribution >= 4 is 11.9 Å². The number of piperidine rings is 1. The fourth-order valence-corrected chi connectivity index (χ4v) is 2.49. The molecule has 21 heavy (non-hydrogen) atoms. The van der Waals surface area contributed by atoms with Crippen LogP contribution in [0.1, 0.15) is 37.0 Å². The molecule has 1 aromatic carbocycles. The van der Waals surface area contributed by atoms with Crippen molar-refractivity contribution in [3.05, 3.63) is 29.8 Å². The Hall–Kier alpha value is -2.04. The number of hydrogen-bond acceptors (Lipinski definition) is 3. The van der Waals surface area contributed by atoms with Gasteiger partial charge in [0.05, 0.1) is 12.0 Å². The topological polar surface area (TPSA) is 66.8 Å². The van der Waals surface area contributed by atoms with Crippen molar-refractivity contribution in [2.45, 2.75) is 32.8 Å². The van der Waals surface area contributed by atoms with Crippen LogP contribution in [0.2, 0.25) is 0 Å². The molecular weight excluding hydrogens is 270 g/mol. The van der Waals surface area contributed by atoms with Gasteiger partial charge in [0.25, 0.3) is 5.91 Å². The normalized spacial score (nSPS) is 16.0. The Morgan fingerprint density at radius 1 is 1.29 bits per heavy atom. The molecule has 114 valence electrons. The number of ether oxygens (including phenoxy) is 1. The molecule has 1 saturated heterocycles. The molecule has 0 unspecified atom stereocenters. The molecule has 5 heteroatoms. The van der Waals surface area contributed by atoms with Gasteiger partial charge in [-0.15, -0.1) is 0 Å². The molecule has 1 amide bonds. The van der Waals surface area contributed by atoms with E-state index in [2.05, 4.69) is 0 Å². The predicted octanol–water partition coefficient (Wildman–Crippen LogP) is 2.41. The first-order valence-electron chi connectivity index (χ1n) is 7.26. The first kappa shape index (κ1) is 15.4. The van der Waals surface area contributed by atoms with Gasteiger partial charge in [-0.1, -0.05) is 6.07 Å². The van der Waals surface area contributed by atoms with Crippen molar-refractivity contribution in [3.63, 3.8) is 0 Å². The Balaban J connectivity index is 2.02. The van der Waals surface area contributed by atoms with E-state index in [-0.39, 0.29) is 17.9 Å². The molecule has 0 aromatic heterocycles. The maximum absolute atomic E-state index is 12.4. The maximum Gasteiger partial charge on any atom is 0.306 e. The average Bonchev–Trinajstić information content (AvgIpc) is 2.46. The molecular formula is C16H21NO4. The second-order valence-electron chi connectivity index (χ2n) is 5.60. The lowest BCUT2D eigenvalue weighted by Gasteiger charge is -2.30. The lowest BCUT2D eigenvalue weighted by atomic mass is 9.96. The number of amides is 1. The highest BCUT2D eigenvalue weighted by Gasteiger charge is 2.27. The Morgan fingerprint density at radius 2 is 1.95 bits per heavy atom. The molecule has 0 aliphatic carbocycles. The maximum atomic E-state index is 12.4. The molecule has 1 aliphatic heterocycles. The molecule has 1 aromatic rings. The van der Waals surface area contributed by atoms with E-state index >= 15 is 0 Å². The van der Waals surface area contributed by atoms with Crippen LogP contribution in [0.3, 0.4) is 0 Å². The van der Waals surface area contributed by atoms with E-state index in [1.165, 1.54) is 0 Å². The van der Waals surface area contributed by atoms with E-state index in [4.69, 9.17) is 9.84 Å². The third-order valence-electron chi connectivity index (χ3n) is 3.58. The number of carbonyl (C=O) groups is 2. The van der Waals surface area contributed by atoms with Crippen molar-refractivity contribution in [3.8, 4) is 5.75 Å². The third-order valence-corrected chi connectivity index (χ3v) is 3.58. The number of rotatable bonds is 4. The van der Waals surface area contributed by atoms with E-state index < -0.39 is 5.97 Å².